The number of morpholine rings is 1. The molecule has 124 valence electrons. The normalized spacial score (nSPS) is 17.2. The molecular formula is C16H26N2O4. The van der Waals surface area contributed by atoms with Crippen molar-refractivity contribution in [1.82, 2.24) is 4.90 Å². The summed E-state index contributed by atoms with van der Waals surface area (Å²) < 4.78 is 16.7. The first-order valence-electron chi connectivity index (χ1n) is 7.72. The first-order chi connectivity index (χ1) is 10.8. The van der Waals surface area contributed by atoms with Gasteiger partial charge in [0.2, 0.25) is 0 Å². The molecule has 0 radical (unpaired) electrons. The van der Waals surface area contributed by atoms with E-state index in [-0.39, 0.29) is 12.6 Å². The molecule has 0 spiro atoms. The first kappa shape index (κ1) is 17.0. The summed E-state index contributed by atoms with van der Waals surface area (Å²) in [5, 5.41) is 9.09. The van der Waals surface area contributed by atoms with Crippen LogP contribution in [0.4, 0.5) is 0 Å². The molecule has 0 aliphatic carbocycles. The Balaban J connectivity index is 2.00. The van der Waals surface area contributed by atoms with Gasteiger partial charge in [0.05, 0.1) is 20.3 Å². The van der Waals surface area contributed by atoms with Gasteiger partial charge in [-0.1, -0.05) is 12.1 Å². The number of aliphatic hydroxyl groups is 1. The maximum absolute atomic E-state index is 9.09. The second kappa shape index (κ2) is 8.95. The molecule has 1 heterocycles. The predicted octanol–water partition coefficient (Wildman–Crippen LogP) is 0.788. The van der Waals surface area contributed by atoms with Crippen molar-refractivity contribution in [1.29, 1.82) is 0 Å². The Hall–Kier alpha value is -1.34. The van der Waals surface area contributed by atoms with Crippen molar-refractivity contribution in [3.05, 3.63) is 23.8 Å². The molecule has 1 saturated heterocycles. The SMILES string of the molecule is COc1cccc([C@@H](N)CCO)c1OCCN1CCOCC1. The third kappa shape index (κ3) is 4.58. The lowest BCUT2D eigenvalue weighted by Gasteiger charge is -2.27. The number of ether oxygens (including phenoxy) is 3. The van der Waals surface area contributed by atoms with E-state index in [9.17, 15) is 0 Å². The van der Waals surface area contributed by atoms with Crippen LogP contribution in [0, 0.1) is 0 Å². The maximum Gasteiger partial charge on any atom is 0.165 e. The van der Waals surface area contributed by atoms with Crippen LogP contribution in [0.25, 0.3) is 0 Å². The highest BCUT2D eigenvalue weighted by Gasteiger charge is 2.17. The second-order valence-electron chi connectivity index (χ2n) is 5.30. The summed E-state index contributed by atoms with van der Waals surface area (Å²) in [4.78, 5) is 2.31. The molecule has 0 bridgehead atoms. The van der Waals surface area contributed by atoms with Crippen molar-refractivity contribution in [3.63, 3.8) is 0 Å². The van der Waals surface area contributed by atoms with E-state index in [2.05, 4.69) is 4.90 Å². The van der Waals surface area contributed by atoms with E-state index in [1.165, 1.54) is 0 Å². The molecule has 1 aliphatic heterocycles. The van der Waals surface area contributed by atoms with Gasteiger partial charge in [0, 0.05) is 37.8 Å². The molecule has 22 heavy (non-hydrogen) atoms. The molecule has 1 atom stereocenters. The van der Waals surface area contributed by atoms with Crippen LogP contribution in [0.2, 0.25) is 0 Å². The zero-order valence-electron chi connectivity index (χ0n) is 13.2. The minimum absolute atomic E-state index is 0.0472. The van der Waals surface area contributed by atoms with Gasteiger partial charge in [0.25, 0.3) is 0 Å². The lowest BCUT2D eigenvalue weighted by molar-refractivity contribution is 0.0320. The highest BCUT2D eigenvalue weighted by Crippen LogP contribution is 2.35. The van der Waals surface area contributed by atoms with Crippen molar-refractivity contribution in [2.75, 3.05) is 53.2 Å². The highest BCUT2D eigenvalue weighted by molar-refractivity contribution is 5.48. The van der Waals surface area contributed by atoms with Crippen LogP contribution in [0.15, 0.2) is 18.2 Å². The van der Waals surface area contributed by atoms with E-state index in [0.717, 1.165) is 38.4 Å². The molecule has 1 aromatic rings. The zero-order chi connectivity index (χ0) is 15.8. The molecule has 2 rings (SSSR count). The molecule has 0 aromatic heterocycles. The van der Waals surface area contributed by atoms with Crippen LogP contribution in [0.3, 0.4) is 0 Å². The summed E-state index contributed by atoms with van der Waals surface area (Å²) >= 11 is 0. The summed E-state index contributed by atoms with van der Waals surface area (Å²) in [6.45, 7) is 4.89. The second-order valence-corrected chi connectivity index (χ2v) is 5.30. The average Bonchev–Trinajstić information content (AvgIpc) is 2.56. The third-order valence-corrected chi connectivity index (χ3v) is 3.83. The van der Waals surface area contributed by atoms with Crippen molar-refractivity contribution >= 4 is 0 Å². The number of rotatable bonds is 8. The van der Waals surface area contributed by atoms with E-state index in [1.54, 1.807) is 7.11 Å². The average molecular weight is 310 g/mol. The van der Waals surface area contributed by atoms with Gasteiger partial charge >= 0.3 is 0 Å². The fourth-order valence-electron chi connectivity index (χ4n) is 2.54. The Kier molecular flexibility index (Phi) is 6.92. The smallest absolute Gasteiger partial charge is 0.165 e. The van der Waals surface area contributed by atoms with Crippen molar-refractivity contribution < 1.29 is 19.3 Å². The summed E-state index contributed by atoms with van der Waals surface area (Å²) in [6.07, 6.45) is 0.493. The zero-order valence-corrected chi connectivity index (χ0v) is 13.2. The van der Waals surface area contributed by atoms with Crippen molar-refractivity contribution in [3.8, 4) is 11.5 Å². The van der Waals surface area contributed by atoms with Crippen molar-refractivity contribution in [2.45, 2.75) is 12.5 Å². The lowest BCUT2D eigenvalue weighted by Crippen LogP contribution is -2.38. The Labute approximate surface area is 131 Å². The number of hydrogen-bond donors (Lipinski definition) is 2. The van der Waals surface area contributed by atoms with Gasteiger partial charge in [0.15, 0.2) is 11.5 Å². The van der Waals surface area contributed by atoms with Gasteiger partial charge in [-0.3, -0.25) is 4.90 Å². The minimum Gasteiger partial charge on any atom is -0.493 e. The number of hydrogen-bond acceptors (Lipinski definition) is 6. The largest absolute Gasteiger partial charge is 0.493 e. The van der Waals surface area contributed by atoms with Crippen LogP contribution in [-0.4, -0.2) is 63.2 Å². The number of nitrogens with two attached hydrogens (primary N) is 1. The van der Waals surface area contributed by atoms with Crippen LogP contribution >= 0.6 is 0 Å². The maximum atomic E-state index is 9.09. The van der Waals surface area contributed by atoms with Gasteiger partial charge in [-0.05, 0) is 12.5 Å². The van der Waals surface area contributed by atoms with Gasteiger partial charge < -0.3 is 25.1 Å². The van der Waals surface area contributed by atoms with Gasteiger partial charge in [-0.2, -0.15) is 0 Å². The Morgan fingerprint density at radius 1 is 1.36 bits per heavy atom. The molecule has 1 fully saturated rings. The summed E-state index contributed by atoms with van der Waals surface area (Å²) in [5.41, 5.74) is 6.99. The van der Waals surface area contributed by atoms with Gasteiger partial charge in [-0.25, -0.2) is 0 Å². The molecule has 0 unspecified atom stereocenters. The fraction of sp³-hybridized carbons (Fsp3) is 0.625. The Morgan fingerprint density at radius 3 is 2.82 bits per heavy atom. The lowest BCUT2D eigenvalue weighted by atomic mass is 10.0. The molecule has 6 nitrogen and oxygen atoms in total. The topological polar surface area (TPSA) is 77.2 Å². The van der Waals surface area contributed by atoms with E-state index in [0.29, 0.717) is 24.5 Å². The Bertz CT molecular complexity index is 450. The van der Waals surface area contributed by atoms with E-state index >= 15 is 0 Å². The molecule has 0 amide bonds. The predicted molar refractivity (Wildman–Crippen MR) is 84.4 cm³/mol. The molecular weight excluding hydrogens is 284 g/mol. The molecule has 1 aromatic carbocycles. The van der Waals surface area contributed by atoms with E-state index < -0.39 is 0 Å². The molecule has 1 aliphatic rings. The van der Waals surface area contributed by atoms with Crippen LogP contribution in [-0.2, 0) is 4.74 Å². The molecule has 0 saturated carbocycles. The number of aliphatic hydroxyl groups excluding tert-OH is 1. The van der Waals surface area contributed by atoms with Crippen molar-refractivity contribution in [2.24, 2.45) is 5.73 Å². The van der Waals surface area contributed by atoms with Crippen LogP contribution < -0.4 is 15.2 Å². The monoisotopic (exact) mass is 310 g/mol. The van der Waals surface area contributed by atoms with Gasteiger partial charge in [-0.15, -0.1) is 0 Å². The summed E-state index contributed by atoms with van der Waals surface area (Å²) in [7, 11) is 1.62. The van der Waals surface area contributed by atoms with E-state index in [1.807, 2.05) is 18.2 Å². The van der Waals surface area contributed by atoms with E-state index in [4.69, 9.17) is 25.1 Å². The minimum atomic E-state index is -0.265. The van der Waals surface area contributed by atoms with Crippen LogP contribution in [0.1, 0.15) is 18.0 Å². The fourth-order valence-corrected chi connectivity index (χ4v) is 2.54. The standard InChI is InChI=1S/C16H26N2O4/c1-20-15-4-2-3-13(14(17)5-9-19)16(15)22-12-8-18-6-10-21-11-7-18/h2-4,14,19H,5-12,17H2,1H3/t14-/m0/s1. The molecule has 6 heteroatoms. The number of nitrogens with zero attached hydrogens (tertiary/aromatic N) is 1. The summed E-state index contributed by atoms with van der Waals surface area (Å²) in [6, 6.07) is 5.41. The highest BCUT2D eigenvalue weighted by atomic mass is 16.5. The third-order valence-electron chi connectivity index (χ3n) is 3.83. The number of para-hydroxylation sites is 1. The number of methoxy groups -OCH3 is 1. The van der Waals surface area contributed by atoms with Gasteiger partial charge in [0.1, 0.15) is 6.61 Å². The number of benzene rings is 1. The first-order valence-corrected chi connectivity index (χ1v) is 7.72. The molecule has 3 N–H and O–H groups in total. The Morgan fingerprint density at radius 2 is 2.14 bits per heavy atom. The quantitative estimate of drug-likeness (QED) is 0.739. The van der Waals surface area contributed by atoms with Crippen LogP contribution in [0.5, 0.6) is 11.5 Å². The summed E-state index contributed by atoms with van der Waals surface area (Å²) in [5.74, 6) is 1.35.